The van der Waals surface area contributed by atoms with Gasteiger partial charge in [0.25, 0.3) is 10.0 Å². The lowest BCUT2D eigenvalue weighted by Gasteiger charge is -2.33. The highest BCUT2D eigenvalue weighted by atomic mass is 35.5. The van der Waals surface area contributed by atoms with Gasteiger partial charge in [0.15, 0.2) is 0 Å². The number of sulfonamides is 1. The van der Waals surface area contributed by atoms with Gasteiger partial charge in [-0.05, 0) is 24.1 Å². The summed E-state index contributed by atoms with van der Waals surface area (Å²) in [5.74, 6) is 0. The Kier molecular flexibility index (Phi) is 3.92. The van der Waals surface area contributed by atoms with Crippen LogP contribution in [0.5, 0.6) is 0 Å². The third kappa shape index (κ3) is 2.55. The van der Waals surface area contributed by atoms with E-state index >= 15 is 0 Å². The number of halogens is 2. The number of benzene rings is 1. The van der Waals surface area contributed by atoms with Gasteiger partial charge in [-0.15, -0.1) is 11.3 Å². The van der Waals surface area contributed by atoms with E-state index < -0.39 is 10.0 Å². The topological polar surface area (TPSA) is 63.4 Å². The fourth-order valence-electron chi connectivity index (χ4n) is 2.43. The van der Waals surface area contributed by atoms with E-state index in [1.807, 2.05) is 12.1 Å². The van der Waals surface area contributed by atoms with Crippen LogP contribution in [0.1, 0.15) is 18.0 Å². The van der Waals surface area contributed by atoms with E-state index in [9.17, 15) is 8.42 Å². The molecule has 0 spiro atoms. The van der Waals surface area contributed by atoms with Crippen LogP contribution in [0.4, 0.5) is 5.69 Å². The molecule has 0 saturated carbocycles. The Morgan fingerprint density at radius 1 is 1.29 bits per heavy atom. The van der Waals surface area contributed by atoms with Crippen LogP contribution in [0.3, 0.4) is 0 Å². The monoisotopic (exact) mass is 362 g/mol. The first kappa shape index (κ1) is 15.1. The predicted octanol–water partition coefficient (Wildman–Crippen LogP) is 3.65. The van der Waals surface area contributed by atoms with E-state index in [2.05, 4.69) is 0 Å². The number of hydrogen-bond donors (Lipinski definition) is 1. The summed E-state index contributed by atoms with van der Waals surface area (Å²) in [6.45, 7) is 0.324. The van der Waals surface area contributed by atoms with E-state index in [-0.39, 0.29) is 15.3 Å². The van der Waals surface area contributed by atoms with Gasteiger partial charge in [0.1, 0.15) is 9.23 Å². The minimum atomic E-state index is -3.74. The minimum Gasteiger partial charge on any atom is -0.324 e. The van der Waals surface area contributed by atoms with Crippen LogP contribution in [0, 0.1) is 0 Å². The van der Waals surface area contributed by atoms with E-state index in [0.717, 1.165) is 16.9 Å². The zero-order valence-corrected chi connectivity index (χ0v) is 13.9. The first-order chi connectivity index (χ1) is 9.91. The third-order valence-electron chi connectivity index (χ3n) is 3.44. The Bertz CT molecular complexity index is 789. The predicted molar refractivity (Wildman–Crippen MR) is 86.9 cm³/mol. The molecule has 21 heavy (non-hydrogen) atoms. The summed E-state index contributed by atoms with van der Waals surface area (Å²) in [5.41, 5.74) is 7.49. The summed E-state index contributed by atoms with van der Waals surface area (Å²) < 4.78 is 27.6. The molecule has 1 aliphatic rings. The summed E-state index contributed by atoms with van der Waals surface area (Å²) in [4.78, 5) is 0.0458. The maximum absolute atomic E-state index is 12.8. The summed E-state index contributed by atoms with van der Waals surface area (Å²) in [7, 11) is -3.74. The molecule has 1 aromatic carbocycles. The van der Waals surface area contributed by atoms with Crippen molar-refractivity contribution in [3.8, 4) is 0 Å². The number of hydrogen-bond acceptors (Lipinski definition) is 4. The molecule has 0 radical (unpaired) electrons. The van der Waals surface area contributed by atoms with Gasteiger partial charge in [-0.3, -0.25) is 4.31 Å². The fraction of sp³-hybridized carbons (Fsp3) is 0.231. The molecular formula is C13H12Cl2N2O2S2. The standard InChI is InChI=1S/C13H12Cl2N2O2S2/c14-12-7-11(13(15)20-12)21(18,19)17-6-5-9(16)8-3-1-2-4-10(8)17/h1-4,7,9H,5-6,16H2. The van der Waals surface area contributed by atoms with Crippen LogP contribution in [0.2, 0.25) is 8.67 Å². The molecule has 1 aliphatic heterocycles. The Hall–Kier alpha value is -0.790. The van der Waals surface area contributed by atoms with Crippen molar-refractivity contribution in [2.45, 2.75) is 17.4 Å². The van der Waals surface area contributed by atoms with Crippen molar-refractivity contribution in [3.63, 3.8) is 0 Å². The lowest BCUT2D eigenvalue weighted by Crippen LogP contribution is -2.38. The second-order valence-electron chi connectivity index (χ2n) is 4.72. The van der Waals surface area contributed by atoms with Crippen molar-refractivity contribution in [1.29, 1.82) is 0 Å². The maximum atomic E-state index is 12.8. The van der Waals surface area contributed by atoms with Crippen molar-refractivity contribution in [1.82, 2.24) is 0 Å². The molecule has 2 heterocycles. The highest BCUT2D eigenvalue weighted by Gasteiger charge is 2.33. The molecule has 2 N–H and O–H groups in total. The van der Waals surface area contributed by atoms with Gasteiger partial charge in [-0.2, -0.15) is 0 Å². The molecule has 0 fully saturated rings. The van der Waals surface area contributed by atoms with Crippen molar-refractivity contribution in [2.75, 3.05) is 10.8 Å². The summed E-state index contributed by atoms with van der Waals surface area (Å²) in [6, 6.07) is 8.48. The van der Waals surface area contributed by atoms with Crippen molar-refractivity contribution >= 4 is 50.2 Å². The first-order valence-corrected chi connectivity index (χ1v) is 9.24. The van der Waals surface area contributed by atoms with Gasteiger partial charge in [0, 0.05) is 12.6 Å². The molecule has 3 rings (SSSR count). The van der Waals surface area contributed by atoms with Crippen LogP contribution in [0.15, 0.2) is 35.2 Å². The number of rotatable bonds is 2. The average Bonchev–Trinajstić information content (AvgIpc) is 2.79. The third-order valence-corrected chi connectivity index (χ3v) is 7.01. The first-order valence-electron chi connectivity index (χ1n) is 6.23. The molecule has 0 bridgehead atoms. The zero-order valence-electron chi connectivity index (χ0n) is 10.8. The number of para-hydroxylation sites is 1. The second kappa shape index (κ2) is 5.44. The van der Waals surface area contributed by atoms with Gasteiger partial charge >= 0.3 is 0 Å². The molecule has 8 heteroatoms. The van der Waals surface area contributed by atoms with Crippen LogP contribution in [-0.2, 0) is 10.0 Å². The maximum Gasteiger partial charge on any atom is 0.266 e. The summed E-state index contributed by atoms with van der Waals surface area (Å²) >= 11 is 12.9. The van der Waals surface area contributed by atoms with Gasteiger partial charge in [0.05, 0.1) is 10.0 Å². The number of fused-ring (bicyclic) bond motifs is 1. The highest BCUT2D eigenvalue weighted by Crippen LogP contribution is 2.40. The van der Waals surface area contributed by atoms with E-state index in [1.165, 1.54) is 10.4 Å². The zero-order chi connectivity index (χ0) is 15.2. The van der Waals surface area contributed by atoms with E-state index in [0.29, 0.717) is 23.0 Å². The van der Waals surface area contributed by atoms with Crippen LogP contribution in [-0.4, -0.2) is 15.0 Å². The largest absolute Gasteiger partial charge is 0.324 e. The molecule has 1 atom stereocenters. The molecule has 0 saturated heterocycles. The Labute approximate surface area is 137 Å². The smallest absolute Gasteiger partial charge is 0.266 e. The van der Waals surface area contributed by atoms with Crippen molar-refractivity contribution < 1.29 is 8.42 Å². The molecule has 4 nitrogen and oxygen atoms in total. The highest BCUT2D eigenvalue weighted by molar-refractivity contribution is 7.93. The summed E-state index contributed by atoms with van der Waals surface area (Å²) in [6.07, 6.45) is 0.561. The van der Waals surface area contributed by atoms with Gasteiger partial charge in [-0.1, -0.05) is 41.4 Å². The van der Waals surface area contributed by atoms with E-state index in [4.69, 9.17) is 28.9 Å². The molecule has 0 amide bonds. The number of nitrogens with two attached hydrogens (primary N) is 1. The lowest BCUT2D eigenvalue weighted by atomic mass is 9.99. The van der Waals surface area contributed by atoms with Crippen LogP contribution < -0.4 is 10.0 Å². The molecular weight excluding hydrogens is 351 g/mol. The van der Waals surface area contributed by atoms with Crippen molar-refractivity contribution in [2.24, 2.45) is 5.73 Å². The van der Waals surface area contributed by atoms with Crippen LogP contribution >= 0.6 is 34.5 Å². The fourth-order valence-corrected chi connectivity index (χ4v) is 6.05. The number of anilines is 1. The van der Waals surface area contributed by atoms with Gasteiger partial charge in [0.2, 0.25) is 0 Å². The normalized spacial score (nSPS) is 18.6. The van der Waals surface area contributed by atoms with Gasteiger partial charge in [-0.25, -0.2) is 8.42 Å². The SMILES string of the molecule is NC1CCN(S(=O)(=O)c2cc(Cl)sc2Cl)c2ccccc21. The van der Waals surface area contributed by atoms with E-state index in [1.54, 1.807) is 12.1 Å². The Morgan fingerprint density at radius 3 is 2.67 bits per heavy atom. The quantitative estimate of drug-likeness (QED) is 0.886. The molecule has 0 aliphatic carbocycles. The number of nitrogens with zero attached hydrogens (tertiary/aromatic N) is 1. The van der Waals surface area contributed by atoms with Gasteiger partial charge < -0.3 is 5.73 Å². The minimum absolute atomic E-state index is 0.0458. The van der Waals surface area contributed by atoms with Crippen LogP contribution in [0.25, 0.3) is 0 Å². The molecule has 112 valence electrons. The summed E-state index contributed by atoms with van der Waals surface area (Å²) in [5, 5.41) is 0. The lowest BCUT2D eigenvalue weighted by molar-refractivity contribution is 0.575. The second-order valence-corrected chi connectivity index (χ2v) is 8.84. The Balaban J connectivity index is 2.13. The number of thiophene rings is 1. The Morgan fingerprint density at radius 2 is 2.00 bits per heavy atom. The average molecular weight is 363 g/mol. The van der Waals surface area contributed by atoms with Crippen molar-refractivity contribution in [3.05, 3.63) is 44.6 Å². The molecule has 1 aromatic heterocycles. The molecule has 2 aromatic rings. The molecule has 1 unspecified atom stereocenters.